The Balaban J connectivity index is 2.88. The molecule has 1 aliphatic rings. The Bertz CT molecular complexity index is 329. The van der Waals surface area contributed by atoms with Crippen LogP contribution in [0.3, 0.4) is 0 Å². The molecule has 1 aliphatic heterocycles. The van der Waals surface area contributed by atoms with Crippen LogP contribution in [0.4, 0.5) is 0 Å². The van der Waals surface area contributed by atoms with Gasteiger partial charge < -0.3 is 15.6 Å². The van der Waals surface area contributed by atoms with Crippen molar-refractivity contribution >= 4 is 10.0 Å². The van der Waals surface area contributed by atoms with E-state index in [1.165, 1.54) is 4.31 Å². The average Bonchev–Trinajstić information content (AvgIpc) is 2.30. The van der Waals surface area contributed by atoms with Crippen molar-refractivity contribution in [2.24, 2.45) is 5.73 Å². The molecule has 0 saturated carbocycles. The van der Waals surface area contributed by atoms with Crippen molar-refractivity contribution in [1.82, 2.24) is 4.31 Å². The predicted molar refractivity (Wildman–Crippen MR) is 65.0 cm³/mol. The van der Waals surface area contributed by atoms with Crippen LogP contribution in [0.1, 0.15) is 20.3 Å². The summed E-state index contributed by atoms with van der Waals surface area (Å²) in [6, 6.07) is -0.205. The monoisotopic (exact) mass is 266 g/mol. The first-order valence-electron chi connectivity index (χ1n) is 5.90. The summed E-state index contributed by atoms with van der Waals surface area (Å²) in [7, 11) is -3.40. The Morgan fingerprint density at radius 2 is 2.24 bits per heavy atom. The molecule has 6 nitrogen and oxygen atoms in total. The maximum Gasteiger partial charge on any atom is 0.218 e. The number of rotatable bonds is 5. The van der Waals surface area contributed by atoms with Gasteiger partial charge in [0.05, 0.1) is 24.6 Å². The third kappa shape index (κ3) is 3.17. The zero-order valence-electron chi connectivity index (χ0n) is 10.4. The fraction of sp³-hybridized carbons (Fsp3) is 1.00. The second-order valence-corrected chi connectivity index (χ2v) is 6.53. The Morgan fingerprint density at radius 3 is 2.71 bits per heavy atom. The topological polar surface area (TPSA) is 92.9 Å². The van der Waals surface area contributed by atoms with Crippen LogP contribution in [0.5, 0.6) is 0 Å². The molecule has 102 valence electrons. The van der Waals surface area contributed by atoms with Gasteiger partial charge in [-0.05, 0) is 13.3 Å². The molecule has 0 spiro atoms. The van der Waals surface area contributed by atoms with Crippen molar-refractivity contribution in [2.45, 2.75) is 37.7 Å². The van der Waals surface area contributed by atoms with Crippen LogP contribution in [0, 0.1) is 0 Å². The van der Waals surface area contributed by atoms with Crippen LogP contribution >= 0.6 is 0 Å². The third-order valence-corrected chi connectivity index (χ3v) is 5.65. The summed E-state index contributed by atoms with van der Waals surface area (Å²) >= 11 is 0. The number of aliphatic hydroxyl groups is 1. The van der Waals surface area contributed by atoms with Gasteiger partial charge in [-0.25, -0.2) is 8.42 Å². The van der Waals surface area contributed by atoms with E-state index in [0.29, 0.717) is 13.0 Å². The zero-order valence-corrected chi connectivity index (χ0v) is 11.2. The van der Waals surface area contributed by atoms with Crippen LogP contribution in [0.25, 0.3) is 0 Å². The molecule has 7 heteroatoms. The largest absolute Gasteiger partial charge is 0.394 e. The molecule has 0 aromatic heterocycles. The molecule has 0 aliphatic carbocycles. The number of hydrogen-bond donors (Lipinski definition) is 2. The van der Waals surface area contributed by atoms with Gasteiger partial charge in [0.1, 0.15) is 0 Å². The van der Waals surface area contributed by atoms with Gasteiger partial charge in [-0.2, -0.15) is 4.31 Å². The van der Waals surface area contributed by atoms with Gasteiger partial charge in [0.2, 0.25) is 10.0 Å². The minimum Gasteiger partial charge on any atom is -0.394 e. The van der Waals surface area contributed by atoms with Gasteiger partial charge >= 0.3 is 0 Å². The quantitative estimate of drug-likeness (QED) is 0.675. The van der Waals surface area contributed by atoms with Gasteiger partial charge in [0.25, 0.3) is 0 Å². The van der Waals surface area contributed by atoms with Gasteiger partial charge in [-0.1, -0.05) is 6.92 Å². The summed E-state index contributed by atoms with van der Waals surface area (Å²) in [5.41, 5.74) is 5.50. The van der Waals surface area contributed by atoms with E-state index in [1.807, 2.05) is 6.92 Å². The first-order valence-corrected chi connectivity index (χ1v) is 7.40. The molecule has 1 heterocycles. The van der Waals surface area contributed by atoms with E-state index in [-0.39, 0.29) is 25.7 Å². The van der Waals surface area contributed by atoms with E-state index in [0.717, 1.165) is 0 Å². The van der Waals surface area contributed by atoms with E-state index in [2.05, 4.69) is 0 Å². The minimum atomic E-state index is -3.40. The number of sulfonamides is 1. The lowest BCUT2D eigenvalue weighted by molar-refractivity contribution is -0.0518. The summed E-state index contributed by atoms with van der Waals surface area (Å²) < 4.78 is 31.4. The fourth-order valence-corrected chi connectivity index (χ4v) is 3.93. The van der Waals surface area contributed by atoms with Crippen LogP contribution in [0.2, 0.25) is 0 Å². The van der Waals surface area contributed by atoms with Gasteiger partial charge in [0, 0.05) is 19.1 Å². The SMILES string of the molecule is CCC(CN)S(=O)(=O)N1CC(CO)OCC1C. The molecule has 3 N–H and O–H groups in total. The summed E-state index contributed by atoms with van der Waals surface area (Å²) in [6.45, 7) is 4.07. The molecular weight excluding hydrogens is 244 g/mol. The van der Waals surface area contributed by atoms with Gasteiger partial charge in [-0.15, -0.1) is 0 Å². The molecule has 0 aromatic rings. The van der Waals surface area contributed by atoms with Gasteiger partial charge in [-0.3, -0.25) is 0 Å². The second kappa shape index (κ2) is 6.10. The molecule has 3 unspecified atom stereocenters. The van der Waals surface area contributed by atoms with Crippen LogP contribution in [-0.2, 0) is 14.8 Å². The molecule has 0 bridgehead atoms. The van der Waals surface area contributed by atoms with E-state index in [1.54, 1.807) is 6.92 Å². The Labute approximate surface area is 103 Å². The summed E-state index contributed by atoms with van der Waals surface area (Å²) in [5, 5.41) is 8.49. The van der Waals surface area contributed by atoms with Crippen molar-refractivity contribution in [1.29, 1.82) is 0 Å². The molecule has 0 aromatic carbocycles. The van der Waals surface area contributed by atoms with E-state index in [4.69, 9.17) is 15.6 Å². The Hall–Kier alpha value is -0.210. The number of morpholine rings is 1. The van der Waals surface area contributed by atoms with Crippen molar-refractivity contribution in [2.75, 3.05) is 26.3 Å². The summed E-state index contributed by atoms with van der Waals surface area (Å²) in [5.74, 6) is 0. The highest BCUT2D eigenvalue weighted by molar-refractivity contribution is 7.89. The highest BCUT2D eigenvalue weighted by Gasteiger charge is 2.37. The minimum absolute atomic E-state index is 0.118. The normalized spacial score (nSPS) is 29.2. The first kappa shape index (κ1) is 14.8. The number of nitrogens with two attached hydrogens (primary N) is 1. The van der Waals surface area contributed by atoms with E-state index < -0.39 is 21.4 Å². The van der Waals surface area contributed by atoms with E-state index >= 15 is 0 Å². The predicted octanol–water partition coefficient (Wildman–Crippen LogP) is -0.865. The molecule has 1 fully saturated rings. The lowest BCUT2D eigenvalue weighted by Crippen LogP contribution is -2.55. The lowest BCUT2D eigenvalue weighted by atomic mass is 10.2. The Kier molecular flexibility index (Phi) is 5.33. The molecule has 1 saturated heterocycles. The number of hydrogen-bond acceptors (Lipinski definition) is 5. The lowest BCUT2D eigenvalue weighted by Gasteiger charge is -2.38. The molecule has 0 amide bonds. The number of aliphatic hydroxyl groups excluding tert-OH is 1. The highest BCUT2D eigenvalue weighted by Crippen LogP contribution is 2.20. The smallest absolute Gasteiger partial charge is 0.218 e. The van der Waals surface area contributed by atoms with Crippen LogP contribution < -0.4 is 5.73 Å². The fourth-order valence-electron chi connectivity index (χ4n) is 1.95. The number of nitrogens with zero attached hydrogens (tertiary/aromatic N) is 1. The standard InChI is InChI=1S/C10H22N2O4S/c1-3-10(4-11)17(14,15)12-5-9(6-13)16-7-8(12)2/h8-10,13H,3-7,11H2,1-2H3. The molecule has 0 radical (unpaired) electrons. The second-order valence-electron chi connectivity index (χ2n) is 4.37. The molecular formula is C10H22N2O4S. The van der Waals surface area contributed by atoms with Crippen molar-refractivity contribution < 1.29 is 18.3 Å². The Morgan fingerprint density at radius 1 is 1.59 bits per heavy atom. The molecule has 1 rings (SSSR count). The first-order chi connectivity index (χ1) is 7.97. The van der Waals surface area contributed by atoms with Crippen LogP contribution in [-0.4, -0.2) is 61.5 Å². The van der Waals surface area contributed by atoms with Crippen molar-refractivity contribution in [3.63, 3.8) is 0 Å². The summed E-state index contributed by atoms with van der Waals surface area (Å²) in [6.07, 6.45) is 0.0587. The highest BCUT2D eigenvalue weighted by atomic mass is 32.2. The summed E-state index contributed by atoms with van der Waals surface area (Å²) in [4.78, 5) is 0. The van der Waals surface area contributed by atoms with Crippen LogP contribution in [0.15, 0.2) is 0 Å². The van der Waals surface area contributed by atoms with Gasteiger partial charge in [0.15, 0.2) is 0 Å². The average molecular weight is 266 g/mol. The molecule has 17 heavy (non-hydrogen) atoms. The maximum absolute atomic E-state index is 12.3. The number of ether oxygens (including phenoxy) is 1. The van der Waals surface area contributed by atoms with Crippen molar-refractivity contribution in [3.8, 4) is 0 Å². The van der Waals surface area contributed by atoms with Crippen molar-refractivity contribution in [3.05, 3.63) is 0 Å². The maximum atomic E-state index is 12.3. The third-order valence-electron chi connectivity index (χ3n) is 3.12. The molecule has 3 atom stereocenters. The van der Waals surface area contributed by atoms with E-state index in [9.17, 15) is 8.42 Å². The zero-order chi connectivity index (χ0) is 13.1.